The summed E-state index contributed by atoms with van der Waals surface area (Å²) in [7, 11) is 0. The van der Waals surface area contributed by atoms with Crippen LogP contribution in [-0.2, 0) is 10.2 Å². The van der Waals surface area contributed by atoms with Gasteiger partial charge in [-0.05, 0) is 54.6 Å². The Balaban J connectivity index is 0.00000109. The van der Waals surface area contributed by atoms with Crippen molar-refractivity contribution in [1.29, 1.82) is 0 Å². The standard InChI is InChI=1S/C25H30N2O.2ClH/c1-3-7-23-20(5-1)22-17-25(23,24-8-4-2-6-21(22)24)18-26-11-9-19(10-12-26)27-13-15-28-16-14-27;;/h1-8,19,22H,9-18H2;2*1H. The van der Waals surface area contributed by atoms with Gasteiger partial charge in [0.1, 0.15) is 0 Å². The number of ether oxygens (including phenoxy) is 1. The fraction of sp³-hybridized carbons (Fsp3) is 0.520. The molecule has 4 aliphatic rings. The van der Waals surface area contributed by atoms with E-state index in [-0.39, 0.29) is 30.2 Å². The van der Waals surface area contributed by atoms with Crippen LogP contribution in [0.5, 0.6) is 0 Å². The fourth-order valence-corrected chi connectivity index (χ4v) is 6.58. The van der Waals surface area contributed by atoms with Crippen LogP contribution in [0, 0.1) is 0 Å². The van der Waals surface area contributed by atoms with Crippen LogP contribution in [0.3, 0.4) is 0 Å². The number of rotatable bonds is 3. The van der Waals surface area contributed by atoms with Gasteiger partial charge in [0.05, 0.1) is 13.2 Å². The van der Waals surface area contributed by atoms with Gasteiger partial charge in [-0.3, -0.25) is 4.90 Å². The van der Waals surface area contributed by atoms with E-state index in [2.05, 4.69) is 58.3 Å². The first kappa shape index (κ1) is 22.1. The molecule has 0 unspecified atom stereocenters. The summed E-state index contributed by atoms with van der Waals surface area (Å²) in [6.45, 7) is 7.73. The Hall–Kier alpha value is -1.10. The molecule has 0 radical (unpaired) electrons. The number of morpholine rings is 1. The highest BCUT2D eigenvalue weighted by molar-refractivity contribution is 5.85. The number of hydrogen-bond acceptors (Lipinski definition) is 3. The maximum absolute atomic E-state index is 5.55. The maximum Gasteiger partial charge on any atom is 0.0594 e. The van der Waals surface area contributed by atoms with Crippen molar-refractivity contribution in [2.75, 3.05) is 45.9 Å². The zero-order valence-corrected chi connectivity index (χ0v) is 19.1. The van der Waals surface area contributed by atoms with Crippen LogP contribution >= 0.6 is 24.8 Å². The number of likely N-dealkylation sites (tertiary alicyclic amines) is 1. The lowest BCUT2D eigenvalue weighted by atomic mass is 9.74. The van der Waals surface area contributed by atoms with E-state index >= 15 is 0 Å². The van der Waals surface area contributed by atoms with Crippen LogP contribution in [0.25, 0.3) is 0 Å². The van der Waals surface area contributed by atoms with Gasteiger partial charge in [-0.25, -0.2) is 0 Å². The lowest BCUT2D eigenvalue weighted by molar-refractivity contribution is -0.000351. The molecule has 2 aliphatic carbocycles. The van der Waals surface area contributed by atoms with Gasteiger partial charge in [0.2, 0.25) is 0 Å². The van der Waals surface area contributed by atoms with Crippen LogP contribution < -0.4 is 0 Å². The molecule has 2 aliphatic heterocycles. The number of fused-ring (bicyclic) bond motifs is 8. The monoisotopic (exact) mass is 446 g/mol. The van der Waals surface area contributed by atoms with Crippen molar-refractivity contribution in [3.8, 4) is 0 Å². The van der Waals surface area contributed by atoms with Crippen molar-refractivity contribution in [1.82, 2.24) is 9.80 Å². The quantitative estimate of drug-likeness (QED) is 0.691. The predicted octanol–water partition coefficient (Wildman–Crippen LogP) is 4.46. The van der Waals surface area contributed by atoms with Crippen molar-refractivity contribution in [2.24, 2.45) is 0 Å². The van der Waals surface area contributed by atoms with Gasteiger partial charge >= 0.3 is 0 Å². The third-order valence-corrected chi connectivity index (χ3v) is 7.87. The molecule has 30 heavy (non-hydrogen) atoms. The first-order valence-electron chi connectivity index (χ1n) is 11.1. The second-order valence-electron chi connectivity index (χ2n) is 9.17. The first-order chi connectivity index (χ1) is 13.9. The first-order valence-corrected chi connectivity index (χ1v) is 11.1. The second kappa shape index (κ2) is 8.80. The molecule has 0 N–H and O–H groups in total. The smallest absolute Gasteiger partial charge is 0.0594 e. The number of benzene rings is 2. The Labute approximate surface area is 192 Å². The Morgan fingerprint density at radius 3 is 1.97 bits per heavy atom. The molecule has 2 heterocycles. The molecule has 5 heteroatoms. The summed E-state index contributed by atoms with van der Waals surface area (Å²) < 4.78 is 5.55. The topological polar surface area (TPSA) is 15.7 Å². The maximum atomic E-state index is 5.55. The van der Waals surface area contributed by atoms with Crippen molar-refractivity contribution in [2.45, 2.75) is 36.6 Å². The average Bonchev–Trinajstić information content (AvgIpc) is 3.27. The highest BCUT2D eigenvalue weighted by atomic mass is 35.5. The Morgan fingerprint density at radius 2 is 1.37 bits per heavy atom. The molecule has 2 aromatic carbocycles. The number of nitrogens with zero attached hydrogens (tertiary/aromatic N) is 2. The molecule has 0 saturated carbocycles. The van der Waals surface area contributed by atoms with Gasteiger partial charge in [0, 0.05) is 37.0 Å². The van der Waals surface area contributed by atoms with Crippen LogP contribution in [0.4, 0.5) is 0 Å². The van der Waals surface area contributed by atoms with Gasteiger partial charge in [0.25, 0.3) is 0 Å². The molecule has 0 spiro atoms. The van der Waals surface area contributed by atoms with E-state index in [1.807, 2.05) is 0 Å². The van der Waals surface area contributed by atoms with Gasteiger partial charge in [0.15, 0.2) is 0 Å². The second-order valence-corrected chi connectivity index (χ2v) is 9.17. The molecule has 6 rings (SSSR count). The van der Waals surface area contributed by atoms with E-state index in [4.69, 9.17) is 4.74 Å². The van der Waals surface area contributed by atoms with Gasteiger partial charge < -0.3 is 9.64 Å². The highest BCUT2D eigenvalue weighted by Gasteiger charge is 2.53. The molecule has 2 saturated heterocycles. The predicted molar refractivity (Wildman–Crippen MR) is 126 cm³/mol. The summed E-state index contributed by atoms with van der Waals surface area (Å²) in [5, 5.41) is 0. The van der Waals surface area contributed by atoms with Gasteiger partial charge in [-0.15, -0.1) is 24.8 Å². The molecule has 162 valence electrons. The minimum Gasteiger partial charge on any atom is -0.379 e. The van der Waals surface area contributed by atoms with Crippen LogP contribution in [0.1, 0.15) is 47.4 Å². The fourth-order valence-electron chi connectivity index (χ4n) is 6.58. The Bertz CT molecular complexity index is 827. The zero-order valence-electron chi connectivity index (χ0n) is 17.5. The van der Waals surface area contributed by atoms with Crippen LogP contribution in [-0.4, -0.2) is 61.8 Å². The number of halogens is 2. The molecule has 2 fully saturated rings. The summed E-state index contributed by atoms with van der Waals surface area (Å²) in [6.07, 6.45) is 3.89. The van der Waals surface area contributed by atoms with Gasteiger partial charge in [-0.1, -0.05) is 48.5 Å². The van der Waals surface area contributed by atoms with Crippen molar-refractivity contribution in [3.05, 3.63) is 70.8 Å². The Kier molecular flexibility index (Phi) is 6.48. The number of piperidine rings is 1. The third kappa shape index (κ3) is 3.40. The summed E-state index contributed by atoms with van der Waals surface area (Å²) in [4.78, 5) is 5.43. The molecule has 0 atom stereocenters. The van der Waals surface area contributed by atoms with E-state index in [1.54, 1.807) is 22.3 Å². The van der Waals surface area contributed by atoms with E-state index in [9.17, 15) is 0 Å². The van der Waals surface area contributed by atoms with E-state index in [0.717, 1.165) is 32.3 Å². The van der Waals surface area contributed by atoms with E-state index < -0.39 is 0 Å². The average molecular weight is 447 g/mol. The lowest BCUT2D eigenvalue weighted by Crippen LogP contribution is -2.51. The third-order valence-electron chi connectivity index (χ3n) is 7.87. The van der Waals surface area contributed by atoms with Crippen molar-refractivity contribution >= 4 is 24.8 Å². The summed E-state index contributed by atoms with van der Waals surface area (Å²) in [6, 6.07) is 19.3. The largest absolute Gasteiger partial charge is 0.379 e. The van der Waals surface area contributed by atoms with Crippen molar-refractivity contribution in [3.63, 3.8) is 0 Å². The minimum atomic E-state index is 0. The van der Waals surface area contributed by atoms with E-state index in [1.165, 1.54) is 38.9 Å². The SMILES string of the molecule is Cl.Cl.c1ccc2c(c1)C1CC2(CN2CCC(N3CCOCC3)CC2)c2ccccc21. The minimum absolute atomic E-state index is 0. The Morgan fingerprint density at radius 1 is 0.800 bits per heavy atom. The molecule has 3 nitrogen and oxygen atoms in total. The van der Waals surface area contributed by atoms with E-state index in [0.29, 0.717) is 5.92 Å². The summed E-state index contributed by atoms with van der Waals surface area (Å²) in [5.41, 5.74) is 6.60. The van der Waals surface area contributed by atoms with Crippen molar-refractivity contribution < 1.29 is 4.74 Å². The molecule has 2 bridgehead atoms. The molecule has 0 amide bonds. The summed E-state index contributed by atoms with van der Waals surface area (Å²) >= 11 is 0. The normalized spacial score (nSPS) is 28.3. The summed E-state index contributed by atoms with van der Waals surface area (Å²) in [5.74, 6) is 0.610. The van der Waals surface area contributed by atoms with Crippen LogP contribution in [0.15, 0.2) is 48.5 Å². The van der Waals surface area contributed by atoms with Gasteiger partial charge in [-0.2, -0.15) is 0 Å². The van der Waals surface area contributed by atoms with Crippen LogP contribution in [0.2, 0.25) is 0 Å². The molecular weight excluding hydrogens is 415 g/mol. The zero-order chi connectivity index (χ0) is 18.6. The molecule has 2 aromatic rings. The number of hydrogen-bond donors (Lipinski definition) is 0. The molecular formula is C25H32Cl2N2O. The highest BCUT2D eigenvalue weighted by Crippen LogP contribution is 2.60. The molecule has 0 aromatic heterocycles. The lowest BCUT2D eigenvalue weighted by Gasteiger charge is -2.43.